The Hall–Kier alpha value is -0.910. The van der Waals surface area contributed by atoms with Crippen LogP contribution in [0, 0.1) is 5.92 Å². The third-order valence-corrected chi connectivity index (χ3v) is 7.02. The highest BCUT2D eigenvalue weighted by molar-refractivity contribution is 14.0. The zero-order valence-corrected chi connectivity index (χ0v) is 21.1. The van der Waals surface area contributed by atoms with Crippen molar-refractivity contribution >= 4 is 40.0 Å². The van der Waals surface area contributed by atoms with Gasteiger partial charge in [-0.3, -0.25) is 9.89 Å². The SMILES string of the molecule is CCNC(=NCCS(=O)(=O)NCC1CCC1)N1CCN(Cc2ccccc2)CC1.I. The molecule has 3 rings (SSSR count). The van der Waals surface area contributed by atoms with Gasteiger partial charge in [-0.2, -0.15) is 0 Å². The first-order chi connectivity index (χ1) is 14.1. The molecule has 0 spiro atoms. The molecule has 2 N–H and O–H groups in total. The van der Waals surface area contributed by atoms with E-state index in [1.165, 1.54) is 12.0 Å². The smallest absolute Gasteiger partial charge is 0.213 e. The Kier molecular flexibility index (Phi) is 10.8. The number of nitrogens with zero attached hydrogens (tertiary/aromatic N) is 3. The van der Waals surface area contributed by atoms with Gasteiger partial charge in [-0.15, -0.1) is 24.0 Å². The molecule has 1 aliphatic heterocycles. The summed E-state index contributed by atoms with van der Waals surface area (Å²) in [5.41, 5.74) is 1.33. The minimum atomic E-state index is -3.25. The van der Waals surface area contributed by atoms with E-state index in [2.05, 4.69) is 49.1 Å². The lowest BCUT2D eigenvalue weighted by Gasteiger charge is -2.36. The second-order valence-corrected chi connectivity index (χ2v) is 9.88. The van der Waals surface area contributed by atoms with Crippen molar-refractivity contribution < 1.29 is 8.42 Å². The zero-order valence-electron chi connectivity index (χ0n) is 17.9. The van der Waals surface area contributed by atoms with E-state index < -0.39 is 10.0 Å². The van der Waals surface area contributed by atoms with Crippen molar-refractivity contribution in [3.05, 3.63) is 35.9 Å². The van der Waals surface area contributed by atoms with Gasteiger partial charge in [0.15, 0.2) is 5.96 Å². The first-order valence-electron chi connectivity index (χ1n) is 10.8. The monoisotopic (exact) mass is 549 g/mol. The highest BCUT2D eigenvalue weighted by Crippen LogP contribution is 2.25. The van der Waals surface area contributed by atoms with Gasteiger partial charge in [-0.1, -0.05) is 36.8 Å². The topological polar surface area (TPSA) is 77.0 Å². The van der Waals surface area contributed by atoms with E-state index in [-0.39, 0.29) is 36.3 Å². The van der Waals surface area contributed by atoms with Crippen molar-refractivity contribution in [2.45, 2.75) is 32.7 Å². The van der Waals surface area contributed by atoms with Gasteiger partial charge in [0.1, 0.15) is 0 Å². The Balaban J connectivity index is 0.00000320. The maximum atomic E-state index is 12.2. The van der Waals surface area contributed by atoms with Crippen molar-refractivity contribution in [3.63, 3.8) is 0 Å². The molecular formula is C21H36IN5O2S. The van der Waals surface area contributed by atoms with Gasteiger partial charge >= 0.3 is 0 Å². The molecule has 1 aromatic rings. The van der Waals surface area contributed by atoms with Gasteiger partial charge in [-0.25, -0.2) is 13.1 Å². The predicted octanol–water partition coefficient (Wildman–Crippen LogP) is 2.11. The number of halogens is 1. The molecule has 170 valence electrons. The van der Waals surface area contributed by atoms with Crippen LogP contribution >= 0.6 is 24.0 Å². The van der Waals surface area contributed by atoms with Gasteiger partial charge in [0.05, 0.1) is 12.3 Å². The quantitative estimate of drug-likeness (QED) is 0.281. The van der Waals surface area contributed by atoms with Crippen LogP contribution < -0.4 is 10.0 Å². The molecule has 1 saturated heterocycles. The molecule has 1 aliphatic carbocycles. The molecule has 0 atom stereocenters. The molecule has 2 aliphatic rings. The summed E-state index contributed by atoms with van der Waals surface area (Å²) in [4.78, 5) is 9.27. The summed E-state index contributed by atoms with van der Waals surface area (Å²) in [5.74, 6) is 1.39. The standard InChI is InChI=1S/C21H35N5O2S.HI/c1-2-22-21(23-11-16-29(27,28)24-17-19-9-6-10-19)26-14-12-25(13-15-26)18-20-7-4-3-5-8-20;/h3-5,7-8,19,24H,2,6,9-18H2,1H3,(H,22,23);1H. The molecule has 2 fully saturated rings. The second-order valence-electron chi connectivity index (χ2n) is 7.95. The van der Waals surface area contributed by atoms with Gasteiger partial charge < -0.3 is 10.2 Å². The number of aliphatic imine (C=N–C) groups is 1. The number of benzene rings is 1. The van der Waals surface area contributed by atoms with Crippen LogP contribution in [0.2, 0.25) is 0 Å². The fraction of sp³-hybridized carbons (Fsp3) is 0.667. The maximum absolute atomic E-state index is 12.2. The third kappa shape index (κ3) is 8.32. The molecule has 1 heterocycles. The molecule has 0 unspecified atom stereocenters. The Morgan fingerprint density at radius 1 is 1.13 bits per heavy atom. The van der Waals surface area contributed by atoms with E-state index in [0.717, 1.165) is 58.1 Å². The van der Waals surface area contributed by atoms with E-state index >= 15 is 0 Å². The van der Waals surface area contributed by atoms with Crippen LogP contribution in [-0.2, 0) is 16.6 Å². The summed E-state index contributed by atoms with van der Waals surface area (Å²) in [6.45, 7) is 8.38. The first-order valence-corrected chi connectivity index (χ1v) is 12.5. The fourth-order valence-electron chi connectivity index (χ4n) is 3.67. The predicted molar refractivity (Wildman–Crippen MR) is 134 cm³/mol. The van der Waals surface area contributed by atoms with E-state index in [9.17, 15) is 8.42 Å². The summed E-state index contributed by atoms with van der Waals surface area (Å²) in [7, 11) is -3.25. The van der Waals surface area contributed by atoms with Crippen molar-refractivity contribution in [3.8, 4) is 0 Å². The number of sulfonamides is 1. The van der Waals surface area contributed by atoms with Gasteiger partial charge in [-0.05, 0) is 31.2 Å². The summed E-state index contributed by atoms with van der Waals surface area (Å²) in [5, 5.41) is 3.31. The lowest BCUT2D eigenvalue weighted by atomic mass is 9.86. The lowest BCUT2D eigenvalue weighted by Crippen LogP contribution is -2.52. The van der Waals surface area contributed by atoms with Crippen molar-refractivity contribution in [1.29, 1.82) is 0 Å². The van der Waals surface area contributed by atoms with Gasteiger partial charge in [0.2, 0.25) is 10.0 Å². The van der Waals surface area contributed by atoms with E-state index in [4.69, 9.17) is 0 Å². The molecular weight excluding hydrogens is 513 g/mol. The largest absolute Gasteiger partial charge is 0.357 e. The number of nitrogens with one attached hydrogen (secondary N) is 2. The van der Waals surface area contributed by atoms with Crippen LogP contribution in [-0.4, -0.2) is 75.7 Å². The highest BCUT2D eigenvalue weighted by Gasteiger charge is 2.21. The Morgan fingerprint density at radius 3 is 2.43 bits per heavy atom. The van der Waals surface area contributed by atoms with E-state index in [1.807, 2.05) is 13.0 Å². The summed E-state index contributed by atoms with van der Waals surface area (Å²) >= 11 is 0. The minimum Gasteiger partial charge on any atom is -0.357 e. The molecule has 0 bridgehead atoms. The summed E-state index contributed by atoms with van der Waals surface area (Å²) in [6.07, 6.45) is 3.50. The Bertz CT molecular complexity index is 748. The third-order valence-electron chi connectivity index (χ3n) is 5.69. The van der Waals surface area contributed by atoms with E-state index in [1.54, 1.807) is 0 Å². The zero-order chi connectivity index (χ0) is 20.5. The van der Waals surface area contributed by atoms with Crippen molar-refractivity contribution in [1.82, 2.24) is 19.8 Å². The first kappa shape index (κ1) is 25.4. The molecule has 1 aromatic carbocycles. The summed E-state index contributed by atoms with van der Waals surface area (Å²) in [6, 6.07) is 10.5. The second kappa shape index (κ2) is 12.8. The van der Waals surface area contributed by atoms with Crippen molar-refractivity contribution in [2.24, 2.45) is 10.9 Å². The number of hydrogen-bond donors (Lipinski definition) is 2. The lowest BCUT2D eigenvalue weighted by molar-refractivity contribution is 0.172. The summed E-state index contributed by atoms with van der Waals surface area (Å²) < 4.78 is 27.1. The number of guanidine groups is 1. The number of piperazine rings is 1. The van der Waals surface area contributed by atoms with Crippen LogP contribution in [0.5, 0.6) is 0 Å². The van der Waals surface area contributed by atoms with Gasteiger partial charge in [0.25, 0.3) is 0 Å². The molecule has 7 nitrogen and oxygen atoms in total. The van der Waals surface area contributed by atoms with Gasteiger partial charge in [0, 0.05) is 45.8 Å². The van der Waals surface area contributed by atoms with Crippen LogP contribution in [0.25, 0.3) is 0 Å². The molecule has 1 saturated carbocycles. The normalized spacial score (nSPS) is 18.6. The average Bonchev–Trinajstić information content (AvgIpc) is 2.67. The number of rotatable bonds is 9. The number of hydrogen-bond acceptors (Lipinski definition) is 4. The maximum Gasteiger partial charge on any atom is 0.213 e. The average molecular weight is 550 g/mol. The van der Waals surface area contributed by atoms with Crippen LogP contribution in [0.3, 0.4) is 0 Å². The minimum absolute atomic E-state index is 0. The molecule has 9 heteroatoms. The van der Waals surface area contributed by atoms with Crippen LogP contribution in [0.15, 0.2) is 35.3 Å². The van der Waals surface area contributed by atoms with E-state index in [0.29, 0.717) is 12.5 Å². The molecule has 30 heavy (non-hydrogen) atoms. The van der Waals surface area contributed by atoms with Crippen LogP contribution in [0.4, 0.5) is 0 Å². The highest BCUT2D eigenvalue weighted by atomic mass is 127. The van der Waals surface area contributed by atoms with Crippen molar-refractivity contribution in [2.75, 3.05) is 51.6 Å². The molecule has 0 amide bonds. The van der Waals surface area contributed by atoms with Crippen LogP contribution in [0.1, 0.15) is 31.7 Å². The fourth-order valence-corrected chi connectivity index (χ4v) is 4.64. The Labute approximate surface area is 198 Å². The molecule has 0 aromatic heterocycles. The molecule has 0 radical (unpaired) electrons. The Morgan fingerprint density at radius 2 is 1.83 bits per heavy atom.